The van der Waals surface area contributed by atoms with Gasteiger partial charge < -0.3 is 16.0 Å². The van der Waals surface area contributed by atoms with Gasteiger partial charge in [-0.1, -0.05) is 0 Å². The number of primary amides is 1. The molecule has 0 radical (unpaired) electrons. The molecule has 1 saturated heterocycles. The number of anilines is 1. The normalized spacial score (nSPS) is 13.9. The third-order valence-corrected chi connectivity index (χ3v) is 5.34. The van der Waals surface area contributed by atoms with Crippen LogP contribution in [0.1, 0.15) is 39.3 Å². The van der Waals surface area contributed by atoms with Crippen LogP contribution >= 0.6 is 11.3 Å². The Balaban J connectivity index is 1.59. The first-order chi connectivity index (χ1) is 13.1. The summed E-state index contributed by atoms with van der Waals surface area (Å²) >= 11 is 1.47. The van der Waals surface area contributed by atoms with Crippen molar-refractivity contribution in [2.75, 3.05) is 18.4 Å². The number of aromatic nitrogens is 3. The van der Waals surface area contributed by atoms with E-state index in [0.29, 0.717) is 23.8 Å². The smallest absolute Gasteiger partial charge is 0.274 e. The summed E-state index contributed by atoms with van der Waals surface area (Å²) in [5, 5.41) is 5.02. The maximum atomic E-state index is 12.9. The van der Waals surface area contributed by atoms with Crippen LogP contribution in [-0.4, -0.2) is 44.8 Å². The number of likely N-dealkylation sites (tertiary alicyclic amines) is 1. The van der Waals surface area contributed by atoms with E-state index in [2.05, 4.69) is 20.3 Å². The highest BCUT2D eigenvalue weighted by Gasteiger charge is 2.24. The number of fused-ring (bicyclic) bond motifs is 1. The number of rotatable bonds is 5. The molecule has 0 bridgehead atoms. The van der Waals surface area contributed by atoms with Crippen molar-refractivity contribution in [2.45, 2.75) is 19.4 Å². The second kappa shape index (κ2) is 7.28. The van der Waals surface area contributed by atoms with Crippen molar-refractivity contribution < 1.29 is 9.59 Å². The number of thiophene rings is 1. The van der Waals surface area contributed by atoms with Gasteiger partial charge in [0.05, 0.1) is 15.8 Å². The van der Waals surface area contributed by atoms with Crippen molar-refractivity contribution in [1.82, 2.24) is 19.9 Å². The van der Waals surface area contributed by atoms with Gasteiger partial charge in [0.25, 0.3) is 5.91 Å². The van der Waals surface area contributed by atoms with Crippen LogP contribution in [0.5, 0.6) is 0 Å². The number of pyridine rings is 1. The molecular formula is C18H18N6O2S. The number of carbonyl (C=O) groups is 2. The van der Waals surface area contributed by atoms with Crippen LogP contribution < -0.4 is 11.1 Å². The van der Waals surface area contributed by atoms with Crippen molar-refractivity contribution in [2.24, 2.45) is 5.73 Å². The molecule has 9 heteroatoms. The zero-order valence-corrected chi connectivity index (χ0v) is 15.3. The van der Waals surface area contributed by atoms with Crippen LogP contribution in [0.2, 0.25) is 0 Å². The van der Waals surface area contributed by atoms with Crippen LogP contribution in [0.15, 0.2) is 29.9 Å². The highest BCUT2D eigenvalue weighted by Crippen LogP contribution is 2.26. The molecule has 1 aliphatic heterocycles. The van der Waals surface area contributed by atoms with E-state index in [4.69, 9.17) is 5.73 Å². The number of nitrogens with two attached hydrogens (primary N) is 1. The van der Waals surface area contributed by atoms with Gasteiger partial charge in [-0.15, -0.1) is 11.3 Å². The van der Waals surface area contributed by atoms with Gasteiger partial charge in [-0.05, 0) is 35.9 Å². The minimum absolute atomic E-state index is 0.0530. The van der Waals surface area contributed by atoms with Crippen molar-refractivity contribution in [3.05, 3.63) is 46.7 Å². The first-order valence-electron chi connectivity index (χ1n) is 8.64. The van der Waals surface area contributed by atoms with Gasteiger partial charge in [0.1, 0.15) is 0 Å². The highest BCUT2D eigenvalue weighted by atomic mass is 32.1. The Morgan fingerprint density at radius 2 is 2.04 bits per heavy atom. The predicted octanol–water partition coefficient (Wildman–Crippen LogP) is 2.03. The molecule has 8 nitrogen and oxygen atoms in total. The lowest BCUT2D eigenvalue weighted by atomic mass is 10.2. The van der Waals surface area contributed by atoms with E-state index in [-0.39, 0.29) is 5.91 Å². The Hall–Kier alpha value is -3.07. The van der Waals surface area contributed by atoms with Crippen molar-refractivity contribution in [3.8, 4) is 0 Å². The number of amides is 2. The summed E-state index contributed by atoms with van der Waals surface area (Å²) in [4.78, 5) is 39.0. The highest BCUT2D eigenvalue weighted by molar-refractivity contribution is 7.17. The summed E-state index contributed by atoms with van der Waals surface area (Å²) in [5.41, 5.74) is 7.57. The molecule has 138 valence electrons. The molecular weight excluding hydrogens is 364 g/mol. The van der Waals surface area contributed by atoms with Gasteiger partial charge in [0.2, 0.25) is 11.9 Å². The van der Waals surface area contributed by atoms with Crippen LogP contribution in [-0.2, 0) is 6.54 Å². The Morgan fingerprint density at radius 3 is 2.81 bits per heavy atom. The molecule has 1 fully saturated rings. The molecule has 2 amide bonds. The fraction of sp³-hybridized carbons (Fsp3) is 0.278. The minimum Gasteiger partial charge on any atom is -0.366 e. The van der Waals surface area contributed by atoms with Gasteiger partial charge in [0, 0.05) is 32.0 Å². The van der Waals surface area contributed by atoms with Crippen molar-refractivity contribution >= 4 is 39.3 Å². The molecule has 0 saturated carbocycles. The van der Waals surface area contributed by atoms with Crippen molar-refractivity contribution in [3.63, 3.8) is 0 Å². The second-order valence-corrected chi connectivity index (χ2v) is 7.25. The monoisotopic (exact) mass is 382 g/mol. The van der Waals surface area contributed by atoms with Gasteiger partial charge in [-0.2, -0.15) is 0 Å². The van der Waals surface area contributed by atoms with Crippen molar-refractivity contribution in [1.29, 1.82) is 0 Å². The summed E-state index contributed by atoms with van der Waals surface area (Å²) in [6.07, 6.45) is 5.11. The average Bonchev–Trinajstić information content (AvgIpc) is 3.37. The van der Waals surface area contributed by atoms with E-state index >= 15 is 0 Å². The fourth-order valence-corrected chi connectivity index (χ4v) is 3.87. The Bertz CT molecular complexity index is 1010. The number of carbonyl (C=O) groups excluding carboxylic acids is 2. The lowest BCUT2D eigenvalue weighted by molar-refractivity contribution is 0.0789. The number of nitrogens with one attached hydrogen (secondary N) is 1. The summed E-state index contributed by atoms with van der Waals surface area (Å²) in [6.45, 7) is 1.90. The zero-order chi connectivity index (χ0) is 18.8. The molecule has 0 aliphatic carbocycles. The largest absolute Gasteiger partial charge is 0.366 e. The molecule has 0 atom stereocenters. The van der Waals surface area contributed by atoms with E-state index in [1.807, 2.05) is 16.3 Å². The van der Waals surface area contributed by atoms with E-state index in [1.54, 1.807) is 12.3 Å². The SMILES string of the molecule is NC(=O)c1cncc(CNc2nc(C(=O)N3CCCC3)c3sccc3n2)c1. The maximum absolute atomic E-state index is 12.9. The molecule has 4 heterocycles. The first-order valence-corrected chi connectivity index (χ1v) is 9.52. The third kappa shape index (κ3) is 3.59. The van der Waals surface area contributed by atoms with Crippen LogP contribution in [0.25, 0.3) is 10.2 Å². The zero-order valence-electron chi connectivity index (χ0n) is 14.5. The summed E-state index contributed by atoms with van der Waals surface area (Å²) in [6, 6.07) is 3.55. The topological polar surface area (TPSA) is 114 Å². The Labute approximate surface area is 159 Å². The van der Waals surface area contributed by atoms with Gasteiger partial charge >= 0.3 is 0 Å². The van der Waals surface area contributed by atoms with Crippen LogP contribution in [0.3, 0.4) is 0 Å². The van der Waals surface area contributed by atoms with E-state index in [1.165, 1.54) is 17.5 Å². The van der Waals surface area contributed by atoms with Crippen LogP contribution in [0.4, 0.5) is 5.95 Å². The lowest BCUT2D eigenvalue weighted by Gasteiger charge is -2.15. The Morgan fingerprint density at radius 1 is 1.22 bits per heavy atom. The molecule has 3 N–H and O–H groups in total. The minimum atomic E-state index is -0.529. The molecule has 3 aromatic heterocycles. The third-order valence-electron chi connectivity index (χ3n) is 4.43. The molecule has 27 heavy (non-hydrogen) atoms. The van der Waals surface area contributed by atoms with E-state index < -0.39 is 5.91 Å². The summed E-state index contributed by atoms with van der Waals surface area (Å²) < 4.78 is 0.801. The molecule has 0 unspecified atom stereocenters. The van der Waals surface area contributed by atoms with Gasteiger partial charge in [-0.25, -0.2) is 9.97 Å². The Kier molecular flexibility index (Phi) is 4.68. The van der Waals surface area contributed by atoms with Crippen LogP contribution in [0, 0.1) is 0 Å². The molecule has 0 aromatic carbocycles. The quantitative estimate of drug-likeness (QED) is 0.698. The average molecular weight is 382 g/mol. The number of nitrogens with zero attached hydrogens (tertiary/aromatic N) is 4. The first kappa shape index (κ1) is 17.3. The predicted molar refractivity (Wildman–Crippen MR) is 103 cm³/mol. The molecule has 1 aliphatic rings. The van der Waals surface area contributed by atoms with E-state index in [9.17, 15) is 9.59 Å². The molecule has 4 rings (SSSR count). The van der Waals surface area contributed by atoms with Gasteiger partial charge in [-0.3, -0.25) is 14.6 Å². The molecule has 0 spiro atoms. The lowest BCUT2D eigenvalue weighted by Crippen LogP contribution is -2.28. The fourth-order valence-electron chi connectivity index (χ4n) is 3.06. The summed E-state index contributed by atoms with van der Waals surface area (Å²) in [7, 11) is 0. The maximum Gasteiger partial charge on any atom is 0.274 e. The summed E-state index contributed by atoms with van der Waals surface area (Å²) in [5.74, 6) is -0.213. The molecule has 3 aromatic rings. The standard InChI is InChI=1S/C18H18N6O2S/c19-16(25)12-7-11(8-20-10-12)9-21-18-22-13-3-6-27-15(13)14(23-18)17(26)24-4-1-2-5-24/h3,6-8,10H,1-2,4-5,9H2,(H2,19,25)(H,21,22,23). The second-order valence-electron chi connectivity index (χ2n) is 6.33. The number of hydrogen-bond donors (Lipinski definition) is 2. The van der Waals surface area contributed by atoms with Gasteiger partial charge in [0.15, 0.2) is 5.69 Å². The number of hydrogen-bond acceptors (Lipinski definition) is 7. The van der Waals surface area contributed by atoms with E-state index in [0.717, 1.165) is 41.7 Å².